The molecular formula is C18H17FN2O3S. The van der Waals surface area contributed by atoms with Gasteiger partial charge in [0.1, 0.15) is 22.9 Å². The second-order valence-electron chi connectivity index (χ2n) is 5.81. The second kappa shape index (κ2) is 7.06. The highest BCUT2D eigenvalue weighted by molar-refractivity contribution is 7.16. The molecule has 5 nitrogen and oxygen atoms in total. The summed E-state index contributed by atoms with van der Waals surface area (Å²) in [7, 11) is 0. The van der Waals surface area contributed by atoms with Gasteiger partial charge in [0, 0.05) is 11.1 Å². The SMILES string of the molecule is CC(C)OC(=O)c1cc2ccsc2n1CC(=O)Nc1ccc(F)cc1. The molecule has 2 aromatic heterocycles. The maximum Gasteiger partial charge on any atom is 0.355 e. The number of nitrogens with zero attached hydrogens (tertiary/aromatic N) is 1. The number of rotatable bonds is 5. The fourth-order valence-electron chi connectivity index (χ4n) is 2.45. The van der Waals surface area contributed by atoms with Crippen LogP contribution in [0.15, 0.2) is 41.8 Å². The fourth-order valence-corrected chi connectivity index (χ4v) is 3.35. The van der Waals surface area contributed by atoms with Crippen molar-refractivity contribution in [1.82, 2.24) is 4.57 Å². The van der Waals surface area contributed by atoms with Gasteiger partial charge in [0.15, 0.2) is 0 Å². The summed E-state index contributed by atoms with van der Waals surface area (Å²) in [6.07, 6.45) is -0.248. The van der Waals surface area contributed by atoms with Gasteiger partial charge in [0.2, 0.25) is 5.91 Å². The largest absolute Gasteiger partial charge is 0.458 e. The normalized spacial score (nSPS) is 11.0. The maximum atomic E-state index is 12.9. The van der Waals surface area contributed by atoms with Crippen LogP contribution in [0.4, 0.5) is 10.1 Å². The zero-order valence-electron chi connectivity index (χ0n) is 13.8. The first kappa shape index (κ1) is 17.2. The van der Waals surface area contributed by atoms with Crippen LogP contribution in [0.5, 0.6) is 0 Å². The summed E-state index contributed by atoms with van der Waals surface area (Å²) in [5.41, 5.74) is 0.831. The molecule has 0 bridgehead atoms. The van der Waals surface area contributed by atoms with E-state index in [-0.39, 0.29) is 24.4 Å². The number of anilines is 1. The van der Waals surface area contributed by atoms with Crippen molar-refractivity contribution in [2.45, 2.75) is 26.5 Å². The minimum absolute atomic E-state index is 0.0378. The number of hydrogen-bond acceptors (Lipinski definition) is 4. The number of halogens is 1. The highest BCUT2D eigenvalue weighted by atomic mass is 32.1. The molecule has 130 valence electrons. The van der Waals surface area contributed by atoms with E-state index in [0.717, 1.165) is 10.2 Å². The van der Waals surface area contributed by atoms with Gasteiger partial charge in [0.05, 0.1) is 6.10 Å². The third-order valence-electron chi connectivity index (χ3n) is 3.48. The van der Waals surface area contributed by atoms with E-state index in [9.17, 15) is 14.0 Å². The van der Waals surface area contributed by atoms with Crippen LogP contribution in [-0.4, -0.2) is 22.5 Å². The number of carbonyl (C=O) groups excluding carboxylic acids is 2. The molecular weight excluding hydrogens is 343 g/mol. The molecule has 0 radical (unpaired) electrons. The summed E-state index contributed by atoms with van der Waals surface area (Å²) in [6.45, 7) is 3.51. The molecule has 3 rings (SSSR count). The number of thiophene rings is 1. The summed E-state index contributed by atoms with van der Waals surface area (Å²) in [5, 5.41) is 5.48. The van der Waals surface area contributed by atoms with Crippen LogP contribution in [0.25, 0.3) is 10.2 Å². The Kier molecular flexibility index (Phi) is 4.85. The van der Waals surface area contributed by atoms with Crippen molar-refractivity contribution < 1.29 is 18.7 Å². The van der Waals surface area contributed by atoms with Crippen molar-refractivity contribution in [3.8, 4) is 0 Å². The zero-order valence-corrected chi connectivity index (χ0v) is 14.6. The standard InChI is InChI=1S/C18H17FN2O3S/c1-11(2)24-18(23)15-9-12-7-8-25-17(12)21(15)10-16(22)20-14-5-3-13(19)4-6-14/h3-9,11H,10H2,1-2H3,(H,20,22). The highest BCUT2D eigenvalue weighted by Crippen LogP contribution is 2.26. The van der Waals surface area contributed by atoms with Crippen LogP contribution in [0, 0.1) is 5.82 Å². The Labute approximate surface area is 148 Å². The Morgan fingerprint density at radius 2 is 1.96 bits per heavy atom. The van der Waals surface area contributed by atoms with Crippen LogP contribution < -0.4 is 5.32 Å². The first-order chi connectivity index (χ1) is 11.9. The lowest BCUT2D eigenvalue weighted by atomic mass is 10.3. The smallest absolute Gasteiger partial charge is 0.355 e. The Morgan fingerprint density at radius 1 is 1.24 bits per heavy atom. The number of amides is 1. The van der Waals surface area contributed by atoms with Crippen molar-refractivity contribution in [1.29, 1.82) is 0 Å². The van der Waals surface area contributed by atoms with Gasteiger partial charge < -0.3 is 14.6 Å². The molecule has 1 amide bonds. The van der Waals surface area contributed by atoms with E-state index in [2.05, 4.69) is 5.32 Å². The molecule has 25 heavy (non-hydrogen) atoms. The molecule has 3 aromatic rings. The van der Waals surface area contributed by atoms with Gasteiger partial charge >= 0.3 is 5.97 Å². The predicted octanol–water partition coefficient (Wildman–Crippen LogP) is 4.05. The Bertz CT molecular complexity index is 912. The minimum Gasteiger partial charge on any atom is -0.458 e. The second-order valence-corrected chi connectivity index (χ2v) is 6.70. The molecule has 1 aromatic carbocycles. The number of hydrogen-bond donors (Lipinski definition) is 1. The van der Waals surface area contributed by atoms with Crippen LogP contribution in [0.1, 0.15) is 24.3 Å². The lowest BCUT2D eigenvalue weighted by molar-refractivity contribution is -0.116. The predicted molar refractivity (Wildman–Crippen MR) is 95.4 cm³/mol. The first-order valence-corrected chi connectivity index (χ1v) is 8.65. The summed E-state index contributed by atoms with van der Waals surface area (Å²) >= 11 is 1.45. The number of ether oxygens (including phenoxy) is 1. The van der Waals surface area contributed by atoms with Crippen molar-refractivity contribution >= 4 is 39.1 Å². The van der Waals surface area contributed by atoms with Crippen LogP contribution >= 0.6 is 11.3 Å². The van der Waals surface area contributed by atoms with E-state index in [4.69, 9.17) is 4.74 Å². The molecule has 0 aliphatic heterocycles. The molecule has 0 aliphatic carbocycles. The van der Waals surface area contributed by atoms with Crippen molar-refractivity contribution in [3.05, 3.63) is 53.3 Å². The molecule has 0 unspecified atom stereocenters. The van der Waals surface area contributed by atoms with Gasteiger partial charge in [-0.15, -0.1) is 11.3 Å². The van der Waals surface area contributed by atoms with E-state index in [1.54, 1.807) is 24.5 Å². The highest BCUT2D eigenvalue weighted by Gasteiger charge is 2.20. The minimum atomic E-state index is -0.465. The average Bonchev–Trinajstić information content (AvgIpc) is 3.11. The first-order valence-electron chi connectivity index (χ1n) is 7.77. The van der Waals surface area contributed by atoms with E-state index < -0.39 is 5.97 Å². The van der Waals surface area contributed by atoms with Gasteiger partial charge in [-0.05, 0) is 55.6 Å². The van der Waals surface area contributed by atoms with Crippen molar-refractivity contribution in [2.75, 3.05) is 5.32 Å². The molecule has 1 N–H and O–H groups in total. The topological polar surface area (TPSA) is 60.3 Å². The molecule has 0 aliphatic rings. The van der Waals surface area contributed by atoms with Crippen LogP contribution in [0.3, 0.4) is 0 Å². The summed E-state index contributed by atoms with van der Waals surface area (Å²) in [6, 6.07) is 9.12. The van der Waals surface area contributed by atoms with E-state index in [0.29, 0.717) is 11.4 Å². The molecule has 0 fully saturated rings. The summed E-state index contributed by atoms with van der Waals surface area (Å²) < 4.78 is 19.9. The molecule has 0 saturated carbocycles. The number of nitrogens with one attached hydrogen (secondary N) is 1. The molecule has 2 heterocycles. The van der Waals surface area contributed by atoms with Crippen LogP contribution in [-0.2, 0) is 16.1 Å². The number of aromatic nitrogens is 1. The number of fused-ring (bicyclic) bond motifs is 1. The third kappa shape index (κ3) is 3.88. The monoisotopic (exact) mass is 360 g/mol. The lowest BCUT2D eigenvalue weighted by Gasteiger charge is -2.12. The number of benzene rings is 1. The lowest BCUT2D eigenvalue weighted by Crippen LogP contribution is -2.22. The Morgan fingerprint density at radius 3 is 2.64 bits per heavy atom. The number of carbonyl (C=O) groups is 2. The van der Waals surface area contributed by atoms with E-state index in [1.165, 1.54) is 35.6 Å². The Balaban J connectivity index is 1.84. The van der Waals surface area contributed by atoms with Gasteiger partial charge in [-0.1, -0.05) is 0 Å². The van der Waals surface area contributed by atoms with Crippen molar-refractivity contribution in [2.24, 2.45) is 0 Å². The molecule has 7 heteroatoms. The zero-order chi connectivity index (χ0) is 18.0. The maximum absolute atomic E-state index is 12.9. The van der Waals surface area contributed by atoms with Gasteiger partial charge in [-0.2, -0.15) is 0 Å². The summed E-state index contributed by atoms with van der Waals surface area (Å²) in [4.78, 5) is 25.5. The van der Waals surface area contributed by atoms with Crippen molar-refractivity contribution in [3.63, 3.8) is 0 Å². The third-order valence-corrected chi connectivity index (χ3v) is 4.44. The van der Waals surface area contributed by atoms with E-state index in [1.807, 2.05) is 11.4 Å². The van der Waals surface area contributed by atoms with Gasteiger partial charge in [-0.3, -0.25) is 4.79 Å². The van der Waals surface area contributed by atoms with Crippen LogP contribution in [0.2, 0.25) is 0 Å². The molecule has 0 atom stereocenters. The number of esters is 1. The average molecular weight is 360 g/mol. The molecule has 0 saturated heterocycles. The summed E-state index contributed by atoms with van der Waals surface area (Å²) in [5.74, 6) is -1.15. The van der Waals surface area contributed by atoms with Gasteiger partial charge in [-0.25, -0.2) is 9.18 Å². The Hall–Kier alpha value is -2.67. The fraction of sp³-hybridized carbons (Fsp3) is 0.222. The quantitative estimate of drug-likeness (QED) is 0.699. The molecule has 0 spiro atoms. The van der Waals surface area contributed by atoms with E-state index >= 15 is 0 Å². The van der Waals surface area contributed by atoms with Gasteiger partial charge in [0.25, 0.3) is 0 Å².